The fraction of sp³-hybridized carbons (Fsp3) is 0.882. The Balaban J connectivity index is 2.45. The third-order valence-electron chi connectivity index (χ3n) is 3.67. The topological polar surface area (TPSA) is 64.6 Å². The number of ether oxygens (including phenoxy) is 2. The van der Waals surface area contributed by atoms with Gasteiger partial charge in [0.15, 0.2) is 0 Å². The van der Waals surface area contributed by atoms with Crippen LogP contribution in [0.15, 0.2) is 0 Å². The van der Waals surface area contributed by atoms with E-state index in [1.165, 1.54) is 0 Å². The minimum Gasteiger partial charge on any atom is -0.464 e. The van der Waals surface area contributed by atoms with Crippen molar-refractivity contribution in [2.24, 2.45) is 11.3 Å². The summed E-state index contributed by atoms with van der Waals surface area (Å²) in [5.74, 6) is -0.196. The molecule has 0 aromatic rings. The fourth-order valence-electron chi connectivity index (χ4n) is 3.03. The van der Waals surface area contributed by atoms with Crippen molar-refractivity contribution in [2.45, 2.75) is 72.4 Å². The Morgan fingerprint density at radius 2 is 1.95 bits per heavy atom. The van der Waals surface area contributed by atoms with E-state index in [9.17, 15) is 9.59 Å². The maximum atomic E-state index is 12.0. The maximum Gasteiger partial charge on any atom is 0.325 e. The molecule has 22 heavy (non-hydrogen) atoms. The highest BCUT2D eigenvalue weighted by Gasteiger charge is 2.44. The third-order valence-corrected chi connectivity index (χ3v) is 3.67. The van der Waals surface area contributed by atoms with Gasteiger partial charge < -0.3 is 9.47 Å². The Labute approximate surface area is 134 Å². The first-order valence-electron chi connectivity index (χ1n) is 7.95. The van der Waals surface area contributed by atoms with Gasteiger partial charge in [0.05, 0.1) is 5.54 Å². The van der Waals surface area contributed by atoms with Crippen LogP contribution in [0.5, 0.6) is 0 Å². The average Bonchev–Trinajstić information content (AvgIpc) is 2.29. The summed E-state index contributed by atoms with van der Waals surface area (Å²) in [5, 5.41) is 3.21. The van der Waals surface area contributed by atoms with E-state index in [-0.39, 0.29) is 36.5 Å². The minimum atomic E-state index is -0.765. The van der Waals surface area contributed by atoms with Crippen LogP contribution in [0.4, 0.5) is 0 Å². The highest BCUT2D eigenvalue weighted by atomic mass is 16.6. The molecule has 0 aliphatic carbocycles. The summed E-state index contributed by atoms with van der Waals surface area (Å²) < 4.78 is 10.6. The molecule has 1 heterocycles. The number of carbonyl (C=O) groups is 2. The van der Waals surface area contributed by atoms with Crippen LogP contribution in [0.3, 0.4) is 0 Å². The zero-order valence-electron chi connectivity index (χ0n) is 15.0. The van der Waals surface area contributed by atoms with Crippen molar-refractivity contribution in [3.63, 3.8) is 0 Å². The second-order valence-electron chi connectivity index (χ2n) is 8.62. The summed E-state index contributed by atoms with van der Waals surface area (Å²) in [6.07, 6.45) is 1.39. The van der Waals surface area contributed by atoms with Gasteiger partial charge in [0.25, 0.3) is 0 Å². The largest absolute Gasteiger partial charge is 0.464 e. The van der Waals surface area contributed by atoms with E-state index in [0.717, 1.165) is 6.42 Å². The van der Waals surface area contributed by atoms with Crippen molar-refractivity contribution in [1.29, 1.82) is 0 Å². The lowest BCUT2D eigenvalue weighted by atomic mass is 9.84. The first-order valence-corrected chi connectivity index (χ1v) is 7.95. The molecule has 1 aliphatic rings. The minimum absolute atomic E-state index is 0.199. The highest BCUT2D eigenvalue weighted by molar-refractivity contribution is 5.80. The molecule has 0 radical (unpaired) electrons. The number of hydrogen-bond acceptors (Lipinski definition) is 5. The van der Waals surface area contributed by atoms with Crippen molar-refractivity contribution in [2.75, 3.05) is 13.2 Å². The van der Waals surface area contributed by atoms with Gasteiger partial charge in [-0.15, -0.1) is 0 Å². The van der Waals surface area contributed by atoms with Gasteiger partial charge in [0, 0.05) is 6.42 Å². The van der Waals surface area contributed by atoms with Crippen LogP contribution >= 0.6 is 0 Å². The summed E-state index contributed by atoms with van der Waals surface area (Å²) in [7, 11) is 0. The quantitative estimate of drug-likeness (QED) is 0.791. The van der Waals surface area contributed by atoms with Gasteiger partial charge in [-0.3, -0.25) is 14.9 Å². The number of carbonyl (C=O) groups excluding carboxylic acids is 2. The summed E-state index contributed by atoms with van der Waals surface area (Å²) in [6.45, 7) is 14.4. The summed E-state index contributed by atoms with van der Waals surface area (Å²) in [6, 6.07) is 0. The highest BCUT2D eigenvalue weighted by Crippen LogP contribution is 2.26. The van der Waals surface area contributed by atoms with E-state index in [1.807, 2.05) is 6.92 Å². The van der Waals surface area contributed by atoms with Gasteiger partial charge in [0.1, 0.15) is 18.8 Å². The Kier molecular flexibility index (Phi) is 5.66. The molecule has 1 fully saturated rings. The third kappa shape index (κ3) is 5.95. The molecule has 128 valence electrons. The van der Waals surface area contributed by atoms with Crippen molar-refractivity contribution < 1.29 is 19.1 Å². The number of nitrogens with one attached hydrogen (secondary N) is 1. The van der Waals surface area contributed by atoms with Gasteiger partial charge in [-0.05, 0) is 38.5 Å². The van der Waals surface area contributed by atoms with Crippen LogP contribution < -0.4 is 5.32 Å². The van der Waals surface area contributed by atoms with E-state index in [2.05, 4.69) is 33.0 Å². The predicted molar refractivity (Wildman–Crippen MR) is 85.4 cm³/mol. The normalized spacial score (nSPS) is 26.2. The van der Waals surface area contributed by atoms with E-state index >= 15 is 0 Å². The van der Waals surface area contributed by atoms with E-state index in [4.69, 9.17) is 9.47 Å². The van der Waals surface area contributed by atoms with Crippen LogP contribution in [0, 0.1) is 11.3 Å². The molecule has 5 nitrogen and oxygen atoms in total. The van der Waals surface area contributed by atoms with Crippen molar-refractivity contribution >= 4 is 11.9 Å². The molecule has 0 spiro atoms. The van der Waals surface area contributed by atoms with Gasteiger partial charge in [-0.2, -0.15) is 0 Å². The first-order chi connectivity index (χ1) is 9.83. The molecular weight excluding hydrogens is 282 g/mol. The first kappa shape index (κ1) is 18.9. The second-order valence-corrected chi connectivity index (χ2v) is 8.62. The van der Waals surface area contributed by atoms with E-state index < -0.39 is 11.1 Å². The second kappa shape index (κ2) is 6.57. The Bertz CT molecular complexity index is 425. The molecule has 0 saturated carbocycles. The molecule has 0 amide bonds. The molecule has 1 aliphatic heterocycles. The smallest absolute Gasteiger partial charge is 0.325 e. The van der Waals surface area contributed by atoms with Gasteiger partial charge in [-0.25, -0.2) is 0 Å². The van der Waals surface area contributed by atoms with E-state index in [1.54, 1.807) is 13.8 Å². The summed E-state index contributed by atoms with van der Waals surface area (Å²) in [4.78, 5) is 23.6. The molecule has 1 saturated heterocycles. The number of rotatable bonds is 5. The van der Waals surface area contributed by atoms with Crippen LogP contribution in [-0.2, 0) is 19.1 Å². The number of hydrogen-bond donors (Lipinski definition) is 1. The molecule has 0 aromatic heterocycles. The molecule has 1 rings (SSSR count). The Morgan fingerprint density at radius 1 is 1.36 bits per heavy atom. The van der Waals surface area contributed by atoms with E-state index in [0.29, 0.717) is 6.42 Å². The zero-order chi connectivity index (χ0) is 17.2. The number of cyclic esters (lactones) is 1. The Morgan fingerprint density at radius 3 is 2.45 bits per heavy atom. The van der Waals surface area contributed by atoms with Gasteiger partial charge in [-0.1, -0.05) is 27.7 Å². The van der Waals surface area contributed by atoms with Crippen molar-refractivity contribution in [1.82, 2.24) is 5.32 Å². The lowest BCUT2D eigenvalue weighted by Crippen LogP contribution is -2.66. The molecule has 2 unspecified atom stereocenters. The number of esters is 2. The average molecular weight is 313 g/mol. The van der Waals surface area contributed by atoms with Crippen LogP contribution in [0.25, 0.3) is 0 Å². The molecule has 2 atom stereocenters. The maximum absolute atomic E-state index is 12.0. The van der Waals surface area contributed by atoms with Gasteiger partial charge >= 0.3 is 11.9 Å². The zero-order valence-corrected chi connectivity index (χ0v) is 15.0. The van der Waals surface area contributed by atoms with Crippen LogP contribution in [-0.4, -0.2) is 36.2 Å². The molecule has 0 bridgehead atoms. The number of morpholine rings is 1. The van der Waals surface area contributed by atoms with Crippen molar-refractivity contribution in [3.05, 3.63) is 0 Å². The lowest BCUT2D eigenvalue weighted by Gasteiger charge is -2.42. The Hall–Kier alpha value is -1.10. The predicted octanol–water partition coefficient (Wildman–Crippen LogP) is 2.68. The fourth-order valence-corrected chi connectivity index (χ4v) is 3.03. The summed E-state index contributed by atoms with van der Waals surface area (Å²) in [5.41, 5.74) is -1.10. The van der Waals surface area contributed by atoms with Crippen LogP contribution in [0.2, 0.25) is 0 Å². The molecule has 5 heteroatoms. The molecular formula is C17H31NO4. The standard InChI is InChI=1S/C17H31NO4/c1-12(9-15(2,3)4)8-13(19)21-10-17(7)11-22-14(20)16(5,6)18-17/h12,18H,8-11H2,1-7H3. The van der Waals surface area contributed by atoms with Gasteiger partial charge in [0.2, 0.25) is 0 Å². The monoisotopic (exact) mass is 313 g/mol. The molecule has 0 aromatic carbocycles. The van der Waals surface area contributed by atoms with Crippen molar-refractivity contribution in [3.8, 4) is 0 Å². The SMILES string of the molecule is CC(CC(=O)OCC1(C)COC(=O)C(C)(C)N1)CC(C)(C)C. The van der Waals surface area contributed by atoms with Crippen LogP contribution in [0.1, 0.15) is 61.3 Å². The lowest BCUT2D eigenvalue weighted by molar-refractivity contribution is -0.165. The summed E-state index contributed by atoms with van der Waals surface area (Å²) >= 11 is 0. The molecule has 1 N–H and O–H groups in total.